The molecule has 7 N–H and O–H groups in total. The van der Waals surface area contributed by atoms with Gasteiger partial charge in [-0.05, 0) is 37.2 Å². The summed E-state index contributed by atoms with van der Waals surface area (Å²) in [6, 6.07) is 8.36. The molecule has 2 aromatic heterocycles. The number of pyridine rings is 1. The Morgan fingerprint density at radius 3 is 2.86 bits per heavy atom. The molecule has 2 heterocycles. The number of hydrogen-bond acceptors (Lipinski definition) is 8. The summed E-state index contributed by atoms with van der Waals surface area (Å²) in [6.45, 7) is 0.274. The molecule has 0 aliphatic rings. The minimum Gasteiger partial charge on any atom is -0.365 e. The number of rotatable bonds is 8. The predicted octanol–water partition coefficient (Wildman–Crippen LogP) is 0.489. The van der Waals surface area contributed by atoms with Crippen LogP contribution in [0.1, 0.15) is 16.8 Å². The molecule has 0 saturated carbocycles. The summed E-state index contributed by atoms with van der Waals surface area (Å²) >= 11 is 0. The molecule has 0 bridgehead atoms. The minimum atomic E-state index is -0.931. The number of carbonyl (C=O) groups is 2. The quantitative estimate of drug-likeness (QED) is 0.351. The number of aromatic nitrogens is 3. The third kappa shape index (κ3) is 4.13. The number of nitrogens with zero attached hydrogens (tertiary/aromatic N) is 2. The van der Waals surface area contributed by atoms with Gasteiger partial charge in [0.15, 0.2) is 5.82 Å². The SMILES string of the molecule is NCCC(C=O)Nc1nc(Nc2ccc3ncccc3c2)c(C(N)=O)c(=O)[nH]1. The van der Waals surface area contributed by atoms with Crippen LogP contribution < -0.4 is 27.7 Å². The van der Waals surface area contributed by atoms with Gasteiger partial charge in [-0.25, -0.2) is 0 Å². The van der Waals surface area contributed by atoms with Gasteiger partial charge in [-0.2, -0.15) is 4.98 Å². The van der Waals surface area contributed by atoms with Crippen LogP contribution in [0.25, 0.3) is 10.9 Å². The van der Waals surface area contributed by atoms with E-state index >= 15 is 0 Å². The van der Waals surface area contributed by atoms with E-state index < -0.39 is 17.5 Å². The van der Waals surface area contributed by atoms with Crippen LogP contribution in [0.4, 0.5) is 17.5 Å². The number of nitrogens with one attached hydrogen (secondary N) is 3. The van der Waals surface area contributed by atoms with E-state index in [2.05, 4.69) is 25.6 Å². The number of primary amides is 1. The van der Waals surface area contributed by atoms with Crippen molar-refractivity contribution in [1.82, 2.24) is 15.0 Å². The zero-order valence-corrected chi connectivity index (χ0v) is 14.8. The first-order chi connectivity index (χ1) is 13.5. The molecule has 1 unspecified atom stereocenters. The third-order valence-electron chi connectivity index (χ3n) is 4.00. The van der Waals surface area contributed by atoms with Crippen LogP contribution in [-0.2, 0) is 4.79 Å². The summed E-state index contributed by atoms with van der Waals surface area (Å²) in [7, 11) is 0. The van der Waals surface area contributed by atoms with Crippen molar-refractivity contribution in [3.05, 3.63) is 52.4 Å². The lowest BCUT2D eigenvalue weighted by atomic mass is 10.2. The number of benzene rings is 1. The van der Waals surface area contributed by atoms with Crippen LogP contribution in [-0.4, -0.2) is 39.7 Å². The lowest BCUT2D eigenvalue weighted by molar-refractivity contribution is -0.108. The molecule has 0 aliphatic carbocycles. The highest BCUT2D eigenvalue weighted by atomic mass is 16.2. The van der Waals surface area contributed by atoms with E-state index in [1.165, 1.54) is 0 Å². The van der Waals surface area contributed by atoms with Crippen molar-refractivity contribution < 1.29 is 9.59 Å². The van der Waals surface area contributed by atoms with Crippen molar-refractivity contribution >= 4 is 40.5 Å². The Morgan fingerprint density at radius 2 is 2.14 bits per heavy atom. The van der Waals surface area contributed by atoms with E-state index in [9.17, 15) is 14.4 Å². The van der Waals surface area contributed by atoms with Gasteiger partial charge in [0.05, 0.1) is 11.6 Å². The van der Waals surface area contributed by atoms with Crippen LogP contribution in [0.15, 0.2) is 41.3 Å². The first-order valence-corrected chi connectivity index (χ1v) is 8.49. The molecule has 0 saturated heterocycles. The Bertz CT molecular complexity index is 1080. The number of aromatic amines is 1. The molecule has 28 heavy (non-hydrogen) atoms. The second kappa shape index (κ2) is 8.27. The smallest absolute Gasteiger partial charge is 0.267 e. The van der Waals surface area contributed by atoms with Crippen LogP contribution in [0.5, 0.6) is 0 Å². The number of carbonyl (C=O) groups excluding carboxylic acids is 2. The second-order valence-electron chi connectivity index (χ2n) is 6.00. The fourth-order valence-corrected chi connectivity index (χ4v) is 2.68. The standard InChI is InChI=1S/C18H19N7O3/c19-6-5-12(9-26)23-18-24-16(14(15(20)27)17(28)25-18)22-11-3-4-13-10(8-11)2-1-7-21-13/h1-4,7-9,12H,5-6,19H2,(H2,20,27)(H3,22,23,24,25,28). The average molecular weight is 381 g/mol. The van der Waals surface area contributed by atoms with Crippen molar-refractivity contribution in [2.75, 3.05) is 17.2 Å². The van der Waals surface area contributed by atoms with Gasteiger partial charge in [-0.15, -0.1) is 0 Å². The number of H-pyrrole nitrogens is 1. The van der Waals surface area contributed by atoms with Gasteiger partial charge in [-0.1, -0.05) is 6.07 Å². The molecule has 10 nitrogen and oxygen atoms in total. The molecular weight excluding hydrogens is 362 g/mol. The summed E-state index contributed by atoms with van der Waals surface area (Å²) in [5.74, 6) is -0.941. The number of fused-ring (bicyclic) bond motifs is 1. The topological polar surface area (TPSA) is 169 Å². The molecule has 1 amide bonds. The third-order valence-corrected chi connectivity index (χ3v) is 4.00. The fourth-order valence-electron chi connectivity index (χ4n) is 2.68. The molecule has 1 aromatic carbocycles. The maximum absolute atomic E-state index is 12.3. The van der Waals surface area contributed by atoms with Gasteiger partial charge >= 0.3 is 0 Å². The van der Waals surface area contributed by atoms with Gasteiger partial charge in [0.2, 0.25) is 5.95 Å². The zero-order chi connectivity index (χ0) is 20.1. The van der Waals surface area contributed by atoms with Gasteiger partial charge in [0.25, 0.3) is 11.5 Å². The molecule has 0 fully saturated rings. The summed E-state index contributed by atoms with van der Waals surface area (Å²) < 4.78 is 0. The van der Waals surface area contributed by atoms with Crippen LogP contribution in [0, 0.1) is 0 Å². The molecule has 0 aliphatic heterocycles. The number of amides is 1. The first-order valence-electron chi connectivity index (χ1n) is 8.49. The van der Waals surface area contributed by atoms with E-state index in [1.807, 2.05) is 6.07 Å². The van der Waals surface area contributed by atoms with Gasteiger partial charge in [0.1, 0.15) is 11.8 Å². The second-order valence-corrected chi connectivity index (χ2v) is 6.00. The highest BCUT2D eigenvalue weighted by Gasteiger charge is 2.18. The summed E-state index contributed by atoms with van der Waals surface area (Å²) in [5.41, 5.74) is 11.1. The van der Waals surface area contributed by atoms with Gasteiger partial charge in [0, 0.05) is 17.3 Å². The van der Waals surface area contributed by atoms with E-state index in [-0.39, 0.29) is 23.9 Å². The number of nitrogens with two attached hydrogens (primary N) is 2. The minimum absolute atomic E-state index is 0.0190. The first kappa shape index (κ1) is 19.0. The summed E-state index contributed by atoms with van der Waals surface area (Å²) in [4.78, 5) is 46.1. The Balaban J connectivity index is 1.99. The van der Waals surface area contributed by atoms with Crippen molar-refractivity contribution in [1.29, 1.82) is 0 Å². The number of hydrogen-bond donors (Lipinski definition) is 5. The Labute approximate surface area is 159 Å². The molecule has 144 valence electrons. The number of aldehydes is 1. The van der Waals surface area contributed by atoms with E-state index in [0.717, 1.165) is 10.9 Å². The van der Waals surface area contributed by atoms with Crippen molar-refractivity contribution in [2.45, 2.75) is 12.5 Å². The molecule has 3 rings (SSSR count). The molecule has 0 spiro atoms. The van der Waals surface area contributed by atoms with Crippen molar-refractivity contribution in [2.24, 2.45) is 11.5 Å². The zero-order valence-electron chi connectivity index (χ0n) is 14.8. The van der Waals surface area contributed by atoms with Crippen LogP contribution in [0.3, 0.4) is 0 Å². The van der Waals surface area contributed by atoms with E-state index in [0.29, 0.717) is 18.4 Å². The molecular formula is C18H19N7O3. The average Bonchev–Trinajstić information content (AvgIpc) is 2.67. The predicted molar refractivity (Wildman–Crippen MR) is 106 cm³/mol. The van der Waals surface area contributed by atoms with Crippen molar-refractivity contribution in [3.8, 4) is 0 Å². The van der Waals surface area contributed by atoms with Crippen LogP contribution >= 0.6 is 0 Å². The molecule has 1 atom stereocenters. The maximum atomic E-state index is 12.3. The van der Waals surface area contributed by atoms with Crippen molar-refractivity contribution in [3.63, 3.8) is 0 Å². The lowest BCUT2D eigenvalue weighted by Gasteiger charge is -2.15. The largest absolute Gasteiger partial charge is 0.365 e. The monoisotopic (exact) mass is 381 g/mol. The fraction of sp³-hybridized carbons (Fsp3) is 0.167. The molecule has 0 radical (unpaired) electrons. The lowest BCUT2D eigenvalue weighted by Crippen LogP contribution is -2.30. The molecule has 3 aromatic rings. The van der Waals surface area contributed by atoms with E-state index in [1.54, 1.807) is 30.5 Å². The Hall–Kier alpha value is -3.79. The van der Waals surface area contributed by atoms with Gasteiger partial charge < -0.3 is 26.9 Å². The Kier molecular flexibility index (Phi) is 5.61. The van der Waals surface area contributed by atoms with Gasteiger partial charge in [-0.3, -0.25) is 19.6 Å². The maximum Gasteiger partial charge on any atom is 0.267 e. The number of anilines is 3. The van der Waals surface area contributed by atoms with E-state index in [4.69, 9.17) is 11.5 Å². The highest BCUT2D eigenvalue weighted by Crippen LogP contribution is 2.22. The molecule has 10 heteroatoms. The van der Waals surface area contributed by atoms with Crippen LogP contribution in [0.2, 0.25) is 0 Å². The summed E-state index contributed by atoms with van der Waals surface area (Å²) in [6.07, 6.45) is 2.70. The Morgan fingerprint density at radius 1 is 1.32 bits per heavy atom. The highest BCUT2D eigenvalue weighted by molar-refractivity contribution is 5.98. The summed E-state index contributed by atoms with van der Waals surface area (Å²) in [5, 5.41) is 6.57. The normalized spacial score (nSPS) is 11.8.